The van der Waals surface area contributed by atoms with Crippen molar-refractivity contribution < 1.29 is 4.79 Å². The second-order valence-electron chi connectivity index (χ2n) is 4.82. The molecule has 5 heteroatoms. The van der Waals surface area contributed by atoms with E-state index in [4.69, 9.17) is 5.73 Å². The van der Waals surface area contributed by atoms with Crippen LogP contribution in [0.2, 0.25) is 0 Å². The monoisotopic (exact) mass is 289 g/mol. The lowest BCUT2D eigenvalue weighted by atomic mass is 9.95. The van der Waals surface area contributed by atoms with E-state index in [0.717, 1.165) is 16.4 Å². The Morgan fingerprint density at radius 3 is 2.60 bits per heavy atom. The summed E-state index contributed by atoms with van der Waals surface area (Å²) in [4.78, 5) is 16.9. The van der Waals surface area contributed by atoms with Gasteiger partial charge < -0.3 is 11.1 Å². The average molecular weight is 289 g/mol. The topological polar surface area (TPSA) is 68.0 Å². The lowest BCUT2D eigenvalue weighted by molar-refractivity contribution is -0.118. The van der Waals surface area contributed by atoms with Crippen molar-refractivity contribution in [2.75, 3.05) is 11.9 Å². The van der Waals surface area contributed by atoms with E-state index < -0.39 is 0 Å². The Labute approximate surface area is 123 Å². The van der Waals surface area contributed by atoms with Crippen LogP contribution < -0.4 is 11.1 Å². The maximum atomic E-state index is 11.2. The van der Waals surface area contributed by atoms with Gasteiger partial charge in [-0.15, -0.1) is 11.3 Å². The van der Waals surface area contributed by atoms with Crippen molar-refractivity contribution in [2.24, 2.45) is 5.73 Å². The average Bonchev–Trinajstić information content (AvgIpc) is 2.74. The zero-order chi connectivity index (χ0) is 14.5. The number of anilines is 1. The molecule has 0 radical (unpaired) electrons. The number of aromatic nitrogens is 1. The molecule has 106 valence electrons. The first-order chi connectivity index (χ1) is 9.56. The van der Waals surface area contributed by atoms with Crippen LogP contribution >= 0.6 is 11.3 Å². The van der Waals surface area contributed by atoms with Crippen LogP contribution in [0, 0.1) is 13.8 Å². The Bertz CT molecular complexity index is 561. The number of carbonyl (C=O) groups is 1. The van der Waals surface area contributed by atoms with Crippen LogP contribution in [0.1, 0.15) is 28.5 Å². The summed E-state index contributed by atoms with van der Waals surface area (Å²) in [7, 11) is 0. The Morgan fingerprint density at radius 1 is 1.35 bits per heavy atom. The molecule has 0 fully saturated rings. The molecule has 0 bridgehead atoms. The fraction of sp³-hybridized carbons (Fsp3) is 0.333. The minimum absolute atomic E-state index is 0.0678. The summed E-state index contributed by atoms with van der Waals surface area (Å²) < 4.78 is 0. The molecule has 1 heterocycles. The number of aryl methyl sites for hydroxylation is 2. The molecule has 20 heavy (non-hydrogen) atoms. The van der Waals surface area contributed by atoms with Gasteiger partial charge >= 0.3 is 0 Å². The first-order valence-electron chi connectivity index (χ1n) is 6.57. The van der Waals surface area contributed by atoms with E-state index in [2.05, 4.69) is 17.2 Å². The van der Waals surface area contributed by atoms with Crippen molar-refractivity contribution in [3.05, 3.63) is 46.5 Å². The van der Waals surface area contributed by atoms with Crippen LogP contribution in [0.5, 0.6) is 0 Å². The fourth-order valence-corrected chi connectivity index (χ4v) is 2.86. The molecule has 2 aromatic rings. The maximum Gasteiger partial charge on any atom is 0.218 e. The standard InChI is InChI=1S/C15H19N3OS/c1-10-11(2)20-15(18-10)17-9-13(8-14(16)19)12-6-4-3-5-7-12/h3-7,13H,8-9H2,1-2H3,(H2,16,19)(H,17,18). The number of hydrogen-bond acceptors (Lipinski definition) is 4. The van der Waals surface area contributed by atoms with Gasteiger partial charge in [0, 0.05) is 23.8 Å². The molecule has 1 unspecified atom stereocenters. The maximum absolute atomic E-state index is 11.2. The van der Waals surface area contributed by atoms with Gasteiger partial charge in [0.1, 0.15) is 0 Å². The Hall–Kier alpha value is -1.88. The van der Waals surface area contributed by atoms with Crippen LogP contribution in [-0.2, 0) is 4.79 Å². The Morgan fingerprint density at radius 2 is 2.05 bits per heavy atom. The van der Waals surface area contributed by atoms with Crippen molar-refractivity contribution >= 4 is 22.4 Å². The van der Waals surface area contributed by atoms with E-state index in [-0.39, 0.29) is 11.8 Å². The molecule has 0 aliphatic heterocycles. The number of primary amides is 1. The van der Waals surface area contributed by atoms with Crippen molar-refractivity contribution in [3.8, 4) is 0 Å². The molecule has 4 nitrogen and oxygen atoms in total. The van der Waals surface area contributed by atoms with E-state index in [1.807, 2.05) is 37.3 Å². The van der Waals surface area contributed by atoms with Crippen LogP contribution in [0.25, 0.3) is 0 Å². The van der Waals surface area contributed by atoms with Gasteiger partial charge in [0.2, 0.25) is 5.91 Å². The van der Waals surface area contributed by atoms with Gasteiger partial charge in [-0.05, 0) is 19.4 Å². The highest BCUT2D eigenvalue weighted by atomic mass is 32.1. The van der Waals surface area contributed by atoms with Crippen molar-refractivity contribution in [1.29, 1.82) is 0 Å². The first-order valence-corrected chi connectivity index (χ1v) is 7.39. The highest BCUT2D eigenvalue weighted by Gasteiger charge is 2.15. The normalized spacial score (nSPS) is 12.1. The molecule has 0 saturated heterocycles. The number of rotatable bonds is 6. The molecule has 1 aromatic heterocycles. The SMILES string of the molecule is Cc1nc(NCC(CC(N)=O)c2ccccc2)sc1C. The van der Waals surface area contributed by atoms with E-state index >= 15 is 0 Å². The number of nitrogens with one attached hydrogen (secondary N) is 1. The fourth-order valence-electron chi connectivity index (χ4n) is 2.03. The number of carbonyl (C=O) groups excluding carboxylic acids is 1. The molecule has 2 rings (SSSR count). The summed E-state index contributed by atoms with van der Waals surface area (Å²) >= 11 is 1.63. The van der Waals surface area contributed by atoms with Gasteiger partial charge in [0.05, 0.1) is 5.69 Å². The molecule has 0 aliphatic carbocycles. The zero-order valence-electron chi connectivity index (χ0n) is 11.7. The van der Waals surface area contributed by atoms with Crippen molar-refractivity contribution in [3.63, 3.8) is 0 Å². The summed E-state index contributed by atoms with van der Waals surface area (Å²) in [6.07, 6.45) is 0.334. The van der Waals surface area contributed by atoms with Crippen LogP contribution in [0.15, 0.2) is 30.3 Å². The van der Waals surface area contributed by atoms with E-state index in [9.17, 15) is 4.79 Å². The van der Waals surface area contributed by atoms with Gasteiger partial charge in [0.15, 0.2) is 5.13 Å². The first kappa shape index (κ1) is 14.5. The summed E-state index contributed by atoms with van der Waals surface area (Å²) in [6.45, 7) is 4.70. The zero-order valence-corrected chi connectivity index (χ0v) is 12.5. The van der Waals surface area contributed by atoms with Crippen LogP contribution in [-0.4, -0.2) is 17.4 Å². The van der Waals surface area contributed by atoms with Crippen molar-refractivity contribution in [1.82, 2.24) is 4.98 Å². The van der Waals surface area contributed by atoms with Gasteiger partial charge in [0.25, 0.3) is 0 Å². The highest BCUT2D eigenvalue weighted by molar-refractivity contribution is 7.15. The predicted octanol–water partition coefficient (Wildman–Crippen LogP) is 2.83. The second kappa shape index (κ2) is 6.52. The summed E-state index contributed by atoms with van der Waals surface area (Å²) in [5, 5.41) is 4.20. The summed E-state index contributed by atoms with van der Waals surface area (Å²) in [5.74, 6) is -0.217. The molecular formula is C15H19N3OS. The number of nitrogens with two attached hydrogens (primary N) is 1. The number of benzene rings is 1. The molecule has 1 amide bonds. The third-order valence-corrected chi connectivity index (χ3v) is 4.28. The number of amides is 1. The van der Waals surface area contributed by atoms with Gasteiger partial charge in [-0.3, -0.25) is 4.79 Å². The Kier molecular flexibility index (Phi) is 4.74. The van der Waals surface area contributed by atoms with Gasteiger partial charge in [-0.1, -0.05) is 30.3 Å². The minimum atomic E-state index is -0.285. The lowest BCUT2D eigenvalue weighted by Crippen LogP contribution is -2.20. The Balaban J connectivity index is 2.06. The number of nitrogens with zero attached hydrogens (tertiary/aromatic N) is 1. The second-order valence-corrected chi connectivity index (χ2v) is 6.02. The van der Waals surface area contributed by atoms with Crippen LogP contribution in [0.4, 0.5) is 5.13 Å². The van der Waals surface area contributed by atoms with Gasteiger partial charge in [-0.25, -0.2) is 4.98 Å². The highest BCUT2D eigenvalue weighted by Crippen LogP contribution is 2.24. The van der Waals surface area contributed by atoms with E-state index in [1.54, 1.807) is 11.3 Å². The number of hydrogen-bond donors (Lipinski definition) is 2. The van der Waals surface area contributed by atoms with Crippen LogP contribution in [0.3, 0.4) is 0 Å². The van der Waals surface area contributed by atoms with Crippen molar-refractivity contribution in [2.45, 2.75) is 26.2 Å². The summed E-state index contributed by atoms with van der Waals surface area (Å²) in [5.41, 5.74) is 7.51. The third kappa shape index (κ3) is 3.81. The molecule has 0 spiro atoms. The van der Waals surface area contributed by atoms with Gasteiger partial charge in [-0.2, -0.15) is 0 Å². The molecular weight excluding hydrogens is 270 g/mol. The van der Waals surface area contributed by atoms with E-state index in [0.29, 0.717) is 13.0 Å². The molecule has 3 N–H and O–H groups in total. The molecule has 1 aromatic carbocycles. The quantitative estimate of drug-likeness (QED) is 0.859. The predicted molar refractivity (Wildman–Crippen MR) is 83.1 cm³/mol. The minimum Gasteiger partial charge on any atom is -0.370 e. The van der Waals surface area contributed by atoms with E-state index in [1.165, 1.54) is 4.88 Å². The molecule has 1 atom stereocenters. The summed E-state index contributed by atoms with van der Waals surface area (Å²) in [6, 6.07) is 9.95. The molecule has 0 saturated carbocycles. The lowest BCUT2D eigenvalue weighted by Gasteiger charge is -2.16. The largest absolute Gasteiger partial charge is 0.370 e. The smallest absolute Gasteiger partial charge is 0.218 e. The third-order valence-electron chi connectivity index (χ3n) is 3.25. The number of thiazole rings is 1. The molecule has 0 aliphatic rings.